The number of thiol groups is 4. The summed E-state index contributed by atoms with van der Waals surface area (Å²) < 4.78 is 35.6. The Hall–Kier alpha value is 1.47. The fraction of sp³-hybridized carbons (Fsp3) is 1.00. The van der Waals surface area contributed by atoms with Gasteiger partial charge in [0.05, 0.1) is 51.7 Å². The van der Waals surface area contributed by atoms with Gasteiger partial charge in [-0.1, -0.05) is 6.92 Å². The number of hydrogen-bond donors (Lipinski definition) is 5. The maximum atomic E-state index is 10.1. The van der Waals surface area contributed by atoms with Crippen LogP contribution in [0.4, 0.5) is 0 Å². The lowest BCUT2D eigenvalue weighted by molar-refractivity contribution is -0.0923. The summed E-state index contributed by atoms with van der Waals surface area (Å²) in [6.45, 7) is 9.40. The second-order valence-corrected chi connectivity index (χ2v) is 13.5. The lowest BCUT2D eigenvalue weighted by atomic mass is 9.88. The molecule has 0 aliphatic carbocycles. The normalized spacial score (nSPS) is 12.4. The van der Waals surface area contributed by atoms with E-state index in [1.165, 1.54) is 0 Å². The van der Waals surface area contributed by atoms with E-state index in [4.69, 9.17) is 28.4 Å². The lowest BCUT2D eigenvalue weighted by Gasteiger charge is -2.32. The number of aliphatic hydroxyl groups is 1. The molecule has 0 radical (unpaired) electrons. The van der Waals surface area contributed by atoms with Gasteiger partial charge in [0.15, 0.2) is 0 Å². The fourth-order valence-corrected chi connectivity index (χ4v) is 5.08. The van der Waals surface area contributed by atoms with Crippen molar-refractivity contribution in [1.29, 1.82) is 0 Å². The van der Waals surface area contributed by atoms with Gasteiger partial charge in [0.1, 0.15) is 0 Å². The molecular weight excluding hydrogens is 621 g/mol. The molecule has 0 bridgehead atoms. The maximum absolute atomic E-state index is 10.1. The van der Waals surface area contributed by atoms with E-state index in [0.29, 0.717) is 59.5 Å². The van der Waals surface area contributed by atoms with Crippen molar-refractivity contribution >= 4 is 62.3 Å². The largest absolute Gasteiger partial charge is 0.396 e. The third-order valence-corrected chi connectivity index (χ3v) is 8.90. The first-order chi connectivity index (χ1) is 20.1. The number of aliphatic hydroxyl groups excluding tert-OH is 1. The van der Waals surface area contributed by atoms with E-state index in [9.17, 15) is 5.11 Å². The molecule has 0 aliphatic rings. The summed E-state index contributed by atoms with van der Waals surface area (Å²) in [5, 5.41) is 10.1. The highest BCUT2D eigenvalue weighted by Crippen LogP contribution is 2.25. The summed E-state index contributed by atoms with van der Waals surface area (Å²) >= 11 is 18.9. The van der Waals surface area contributed by atoms with Gasteiger partial charge in [0.2, 0.25) is 0 Å². The Morgan fingerprint density at radius 3 is 1.05 bits per heavy atom. The summed E-state index contributed by atoms with van der Waals surface area (Å²) in [5.74, 6) is 5.30. The topological polar surface area (TPSA) is 75.6 Å². The van der Waals surface area contributed by atoms with E-state index in [1.54, 1.807) is 0 Å². The second-order valence-electron chi connectivity index (χ2n) is 10.5. The Labute approximate surface area is 277 Å². The van der Waals surface area contributed by atoms with Crippen LogP contribution in [0.1, 0.15) is 51.9 Å². The molecule has 0 aromatic heterocycles. The highest BCUT2D eigenvalue weighted by molar-refractivity contribution is 7.99. The second kappa shape index (κ2) is 31.5. The Kier molecular flexibility index (Phi) is 32.6. The summed E-state index contributed by atoms with van der Waals surface area (Å²) in [4.78, 5) is 0. The smallest absolute Gasteiger partial charge is 0.0635 e. The van der Waals surface area contributed by atoms with Crippen LogP contribution in [0.2, 0.25) is 0 Å². The van der Waals surface area contributed by atoms with Crippen molar-refractivity contribution < 1.29 is 33.5 Å². The van der Waals surface area contributed by atoms with Crippen molar-refractivity contribution in [3.8, 4) is 0 Å². The van der Waals surface area contributed by atoms with Crippen LogP contribution < -0.4 is 0 Å². The van der Waals surface area contributed by atoms with Crippen molar-refractivity contribution in [3.63, 3.8) is 0 Å². The monoisotopic (exact) mass is 680 g/mol. The number of rotatable bonds is 34. The van der Waals surface area contributed by atoms with Crippen LogP contribution in [0.5, 0.6) is 0 Å². The molecule has 0 saturated carbocycles. The van der Waals surface area contributed by atoms with Crippen LogP contribution in [0.25, 0.3) is 0 Å². The Morgan fingerprint density at radius 2 is 0.780 bits per heavy atom. The van der Waals surface area contributed by atoms with E-state index in [2.05, 4.69) is 57.4 Å². The van der Waals surface area contributed by atoms with Crippen LogP contribution in [0, 0.1) is 10.8 Å². The first-order valence-corrected chi connectivity index (χ1v) is 18.8. The third-order valence-electron chi connectivity index (χ3n) is 6.48. The zero-order valence-corrected chi connectivity index (χ0v) is 29.9. The lowest BCUT2D eigenvalue weighted by Crippen LogP contribution is -2.41. The van der Waals surface area contributed by atoms with Crippen LogP contribution >= 0.6 is 62.3 Å². The Morgan fingerprint density at radius 1 is 0.488 bits per heavy atom. The van der Waals surface area contributed by atoms with E-state index in [0.717, 1.165) is 99.3 Å². The molecule has 0 fully saturated rings. The predicted octanol–water partition coefficient (Wildman–Crippen LogP) is 5.25. The quantitative estimate of drug-likeness (QED) is 0.0466. The van der Waals surface area contributed by atoms with Gasteiger partial charge in [0, 0.05) is 45.1 Å². The number of ether oxygens (including phenoxy) is 6. The summed E-state index contributed by atoms with van der Waals surface area (Å²) in [5.41, 5.74) is -0.655. The van der Waals surface area contributed by atoms with Gasteiger partial charge in [-0.05, 0) is 79.5 Å². The van der Waals surface area contributed by atoms with E-state index < -0.39 is 5.41 Å². The molecule has 0 atom stereocenters. The zero-order chi connectivity index (χ0) is 30.3. The average molecular weight is 681 g/mol. The van der Waals surface area contributed by atoms with Gasteiger partial charge in [-0.15, -0.1) is 0 Å². The molecular formula is C29H60O7S5. The summed E-state index contributed by atoms with van der Waals surface area (Å²) in [7, 11) is 0. The third kappa shape index (κ3) is 24.4. The van der Waals surface area contributed by atoms with Gasteiger partial charge in [-0.2, -0.15) is 62.3 Å². The highest BCUT2D eigenvalue weighted by atomic mass is 32.2. The molecule has 0 amide bonds. The minimum Gasteiger partial charge on any atom is -0.396 e. The summed E-state index contributed by atoms with van der Waals surface area (Å²) in [6, 6.07) is 0. The molecule has 12 heteroatoms. The zero-order valence-electron chi connectivity index (χ0n) is 25.5. The van der Waals surface area contributed by atoms with E-state index >= 15 is 0 Å². The predicted molar refractivity (Wildman–Crippen MR) is 188 cm³/mol. The minimum absolute atomic E-state index is 0.0353. The molecule has 0 saturated heterocycles. The van der Waals surface area contributed by atoms with Crippen molar-refractivity contribution in [1.82, 2.24) is 0 Å². The molecule has 1 N–H and O–H groups in total. The fourth-order valence-electron chi connectivity index (χ4n) is 3.72. The van der Waals surface area contributed by atoms with Gasteiger partial charge < -0.3 is 33.5 Å². The number of hydrogen-bond acceptors (Lipinski definition) is 12. The molecule has 248 valence electrons. The Bertz CT molecular complexity index is 470. The Balaban J connectivity index is 4.23. The molecule has 0 heterocycles. The molecule has 0 spiro atoms. The standard InChI is InChI=1S/C29H60O7S5/c1-2-28(22-31-9-3-15-37,23-32-10-4-16-38)24-35-13-7-19-41-20-8-14-36-27-29(21-30,25-33-11-5-17-39)26-34-12-6-18-40/h30,37-40H,2-27H2,1H3. The van der Waals surface area contributed by atoms with Crippen LogP contribution in [-0.4, -0.2) is 126 Å². The first-order valence-electron chi connectivity index (χ1n) is 15.2. The van der Waals surface area contributed by atoms with Crippen molar-refractivity contribution in [2.24, 2.45) is 10.8 Å². The summed E-state index contributed by atoms with van der Waals surface area (Å²) in [6.07, 6.45) is 6.57. The average Bonchev–Trinajstić information content (AvgIpc) is 2.99. The molecule has 0 unspecified atom stereocenters. The maximum Gasteiger partial charge on any atom is 0.0635 e. The van der Waals surface area contributed by atoms with Gasteiger partial charge in [0.25, 0.3) is 0 Å². The van der Waals surface area contributed by atoms with Crippen molar-refractivity contribution in [2.75, 3.05) is 120 Å². The SMILES string of the molecule is CCC(COCCCS)(COCCCS)COCCCSCCCOCC(CO)(COCCCS)COCCCS. The highest BCUT2D eigenvalue weighted by Gasteiger charge is 2.31. The molecule has 41 heavy (non-hydrogen) atoms. The van der Waals surface area contributed by atoms with Gasteiger partial charge >= 0.3 is 0 Å². The van der Waals surface area contributed by atoms with E-state index in [-0.39, 0.29) is 12.0 Å². The van der Waals surface area contributed by atoms with Gasteiger partial charge in [-0.25, -0.2) is 0 Å². The van der Waals surface area contributed by atoms with Gasteiger partial charge in [-0.3, -0.25) is 0 Å². The van der Waals surface area contributed by atoms with Crippen molar-refractivity contribution in [2.45, 2.75) is 51.9 Å². The first kappa shape index (κ1) is 42.5. The molecule has 0 aromatic carbocycles. The van der Waals surface area contributed by atoms with E-state index in [1.807, 2.05) is 11.8 Å². The molecule has 0 aliphatic heterocycles. The molecule has 0 rings (SSSR count). The minimum atomic E-state index is -0.541. The van der Waals surface area contributed by atoms with Crippen molar-refractivity contribution in [3.05, 3.63) is 0 Å². The van der Waals surface area contributed by atoms with Crippen LogP contribution in [0.15, 0.2) is 0 Å². The molecule has 0 aromatic rings. The number of thioether (sulfide) groups is 1. The van der Waals surface area contributed by atoms with Crippen LogP contribution in [0.3, 0.4) is 0 Å². The van der Waals surface area contributed by atoms with Crippen LogP contribution in [-0.2, 0) is 28.4 Å². The molecule has 7 nitrogen and oxygen atoms in total.